The average molecular weight is 405 g/mol. The molecule has 1 aliphatic carbocycles. The predicted octanol–water partition coefficient (Wildman–Crippen LogP) is 3.34. The van der Waals surface area contributed by atoms with Crippen LogP contribution in [-0.4, -0.2) is 45.5 Å². The number of amides is 1. The summed E-state index contributed by atoms with van der Waals surface area (Å²) in [5.41, 5.74) is 4.12. The van der Waals surface area contributed by atoms with E-state index in [1.807, 2.05) is 54.3 Å². The van der Waals surface area contributed by atoms with Crippen LogP contribution >= 0.6 is 0 Å². The van der Waals surface area contributed by atoms with E-state index >= 15 is 0 Å². The summed E-state index contributed by atoms with van der Waals surface area (Å²) in [7, 11) is 2.00. The largest absolute Gasteiger partial charge is 0.382 e. The minimum Gasteiger partial charge on any atom is -0.382 e. The van der Waals surface area contributed by atoms with Crippen LogP contribution in [0.3, 0.4) is 0 Å². The Hall–Kier alpha value is -3.19. The Bertz CT molecular complexity index is 971. The van der Waals surface area contributed by atoms with Crippen molar-refractivity contribution in [2.45, 2.75) is 31.8 Å². The van der Waals surface area contributed by atoms with Gasteiger partial charge in [0, 0.05) is 31.7 Å². The molecule has 30 heavy (non-hydrogen) atoms. The molecular formula is C23H28N6O. The molecule has 7 heteroatoms. The SMILES string of the molecule is CN(CC(=O)Nc1ccccc1NCCn1ccnc1)C1CCCc2cccnc21. The molecule has 3 aromatic rings. The number of aryl methyl sites for hydroxylation is 1. The van der Waals surface area contributed by atoms with Gasteiger partial charge in [0.05, 0.1) is 36.0 Å². The van der Waals surface area contributed by atoms with Gasteiger partial charge in [-0.15, -0.1) is 0 Å². The van der Waals surface area contributed by atoms with Gasteiger partial charge < -0.3 is 15.2 Å². The Morgan fingerprint density at radius 2 is 2.07 bits per heavy atom. The van der Waals surface area contributed by atoms with Crippen molar-refractivity contribution in [1.29, 1.82) is 0 Å². The van der Waals surface area contributed by atoms with E-state index in [-0.39, 0.29) is 11.9 Å². The Labute approximate surface area is 177 Å². The Morgan fingerprint density at radius 3 is 2.90 bits per heavy atom. The summed E-state index contributed by atoms with van der Waals surface area (Å²) in [6.07, 6.45) is 10.6. The highest BCUT2D eigenvalue weighted by Gasteiger charge is 2.26. The lowest BCUT2D eigenvalue weighted by Gasteiger charge is -2.31. The van der Waals surface area contributed by atoms with Crippen LogP contribution in [0.4, 0.5) is 11.4 Å². The molecule has 0 saturated carbocycles. The number of fused-ring (bicyclic) bond motifs is 1. The van der Waals surface area contributed by atoms with Crippen LogP contribution in [0.5, 0.6) is 0 Å². The van der Waals surface area contributed by atoms with Crippen LogP contribution < -0.4 is 10.6 Å². The molecule has 2 aromatic heterocycles. The average Bonchev–Trinajstić information content (AvgIpc) is 3.28. The number of hydrogen-bond donors (Lipinski definition) is 2. The van der Waals surface area contributed by atoms with Crippen LogP contribution in [-0.2, 0) is 17.8 Å². The number of anilines is 2. The maximum atomic E-state index is 12.8. The predicted molar refractivity (Wildman–Crippen MR) is 118 cm³/mol. The molecule has 2 heterocycles. The molecule has 7 nitrogen and oxygen atoms in total. The molecule has 156 valence electrons. The third-order valence-corrected chi connectivity index (χ3v) is 5.54. The van der Waals surface area contributed by atoms with E-state index in [0.717, 1.165) is 49.4 Å². The van der Waals surface area contributed by atoms with Crippen molar-refractivity contribution in [2.75, 3.05) is 30.8 Å². The van der Waals surface area contributed by atoms with Gasteiger partial charge in [0.25, 0.3) is 0 Å². The summed E-state index contributed by atoms with van der Waals surface area (Å²) >= 11 is 0. The number of pyridine rings is 1. The normalized spacial score (nSPS) is 15.6. The Balaban J connectivity index is 1.35. The van der Waals surface area contributed by atoms with Crippen LogP contribution in [0.15, 0.2) is 61.3 Å². The number of aromatic nitrogens is 3. The highest BCUT2D eigenvalue weighted by molar-refractivity contribution is 5.95. The second-order valence-electron chi connectivity index (χ2n) is 7.69. The maximum absolute atomic E-state index is 12.8. The molecule has 4 rings (SSSR count). The fourth-order valence-corrected chi connectivity index (χ4v) is 4.03. The first-order chi connectivity index (χ1) is 14.7. The summed E-state index contributed by atoms with van der Waals surface area (Å²) < 4.78 is 2.01. The zero-order valence-electron chi connectivity index (χ0n) is 17.3. The number of nitrogens with zero attached hydrogens (tertiary/aromatic N) is 4. The van der Waals surface area contributed by atoms with Crippen molar-refractivity contribution in [3.63, 3.8) is 0 Å². The van der Waals surface area contributed by atoms with Crippen molar-refractivity contribution in [3.8, 4) is 0 Å². The number of nitrogens with one attached hydrogen (secondary N) is 2. The number of carbonyl (C=O) groups is 1. The first-order valence-electron chi connectivity index (χ1n) is 10.4. The summed E-state index contributed by atoms with van der Waals surface area (Å²) in [6.45, 7) is 1.87. The van der Waals surface area contributed by atoms with Crippen molar-refractivity contribution in [3.05, 3.63) is 72.6 Å². The van der Waals surface area contributed by atoms with Gasteiger partial charge >= 0.3 is 0 Å². The fraction of sp³-hybridized carbons (Fsp3) is 0.348. The van der Waals surface area contributed by atoms with Gasteiger partial charge in [0.2, 0.25) is 5.91 Å². The zero-order chi connectivity index (χ0) is 20.8. The molecule has 1 unspecified atom stereocenters. The summed E-state index contributed by atoms with van der Waals surface area (Å²) in [4.78, 5) is 23.5. The minimum absolute atomic E-state index is 0.0237. The third-order valence-electron chi connectivity index (χ3n) is 5.54. The number of carbonyl (C=O) groups excluding carboxylic acids is 1. The standard InChI is InChI=1S/C23H28N6O/c1-28(21-10-4-6-18-7-5-11-26-23(18)21)16-22(30)27-20-9-3-2-8-19(20)25-13-15-29-14-12-24-17-29/h2-3,5,7-9,11-12,14,17,21,25H,4,6,10,13,15-16H2,1H3,(H,27,30). The molecule has 1 aromatic carbocycles. The molecule has 0 aliphatic heterocycles. The summed E-state index contributed by atoms with van der Waals surface area (Å²) in [5, 5.41) is 6.47. The molecule has 0 bridgehead atoms. The van der Waals surface area contributed by atoms with Crippen LogP contribution in [0, 0.1) is 0 Å². The minimum atomic E-state index is -0.0237. The molecule has 1 amide bonds. The van der Waals surface area contributed by atoms with E-state index in [4.69, 9.17) is 0 Å². The molecule has 0 radical (unpaired) electrons. The van der Waals surface area contributed by atoms with E-state index in [2.05, 4.69) is 31.6 Å². The topological polar surface area (TPSA) is 75.1 Å². The number of rotatable bonds is 8. The van der Waals surface area contributed by atoms with Gasteiger partial charge in [0.15, 0.2) is 0 Å². The molecule has 0 saturated heterocycles. The second-order valence-corrected chi connectivity index (χ2v) is 7.69. The molecule has 1 atom stereocenters. The number of likely N-dealkylation sites (N-methyl/N-ethyl adjacent to an activating group) is 1. The lowest BCUT2D eigenvalue weighted by Crippen LogP contribution is -2.35. The van der Waals surface area contributed by atoms with Gasteiger partial charge in [0.1, 0.15) is 0 Å². The maximum Gasteiger partial charge on any atom is 0.238 e. The monoisotopic (exact) mass is 404 g/mol. The fourth-order valence-electron chi connectivity index (χ4n) is 4.03. The quantitative estimate of drug-likeness (QED) is 0.602. The van der Waals surface area contributed by atoms with Crippen LogP contribution in [0.25, 0.3) is 0 Å². The second kappa shape index (κ2) is 9.54. The highest BCUT2D eigenvalue weighted by Crippen LogP contribution is 2.31. The first-order valence-corrected chi connectivity index (χ1v) is 10.4. The van der Waals surface area contributed by atoms with Gasteiger partial charge in [-0.05, 0) is 50.1 Å². The summed E-state index contributed by atoms with van der Waals surface area (Å²) in [5.74, 6) is -0.0237. The van der Waals surface area contributed by atoms with Gasteiger partial charge in [-0.2, -0.15) is 0 Å². The third kappa shape index (κ3) is 4.86. The Morgan fingerprint density at radius 1 is 1.20 bits per heavy atom. The van der Waals surface area contributed by atoms with Crippen molar-refractivity contribution in [1.82, 2.24) is 19.4 Å². The molecule has 1 aliphatic rings. The number of benzene rings is 1. The zero-order valence-corrected chi connectivity index (χ0v) is 17.3. The molecular weight excluding hydrogens is 376 g/mol. The van der Waals surface area contributed by atoms with E-state index in [1.165, 1.54) is 5.56 Å². The van der Waals surface area contributed by atoms with Crippen molar-refractivity contribution < 1.29 is 4.79 Å². The molecule has 2 N–H and O–H groups in total. The van der Waals surface area contributed by atoms with E-state index < -0.39 is 0 Å². The van der Waals surface area contributed by atoms with E-state index in [0.29, 0.717) is 6.54 Å². The Kier molecular flexibility index (Phi) is 6.39. The summed E-state index contributed by atoms with van der Waals surface area (Å²) in [6, 6.07) is 12.1. The van der Waals surface area contributed by atoms with Gasteiger partial charge in [-0.3, -0.25) is 14.7 Å². The van der Waals surface area contributed by atoms with E-state index in [9.17, 15) is 4.79 Å². The van der Waals surface area contributed by atoms with Gasteiger partial charge in [-0.1, -0.05) is 18.2 Å². The molecule has 0 spiro atoms. The van der Waals surface area contributed by atoms with Crippen molar-refractivity contribution >= 4 is 17.3 Å². The van der Waals surface area contributed by atoms with Crippen LogP contribution in [0.1, 0.15) is 30.1 Å². The van der Waals surface area contributed by atoms with Crippen LogP contribution in [0.2, 0.25) is 0 Å². The van der Waals surface area contributed by atoms with E-state index in [1.54, 1.807) is 12.5 Å². The van der Waals surface area contributed by atoms with Gasteiger partial charge in [-0.25, -0.2) is 4.98 Å². The molecule has 0 fully saturated rings. The number of imidazole rings is 1. The van der Waals surface area contributed by atoms with Crippen molar-refractivity contribution in [2.24, 2.45) is 0 Å². The lowest BCUT2D eigenvalue weighted by atomic mass is 9.91. The smallest absolute Gasteiger partial charge is 0.238 e. The first kappa shape index (κ1) is 20.1. The number of para-hydroxylation sites is 2. The highest BCUT2D eigenvalue weighted by atomic mass is 16.2. The lowest BCUT2D eigenvalue weighted by molar-refractivity contribution is -0.117. The number of hydrogen-bond acceptors (Lipinski definition) is 5.